The highest BCUT2D eigenvalue weighted by atomic mass is 16.5. The van der Waals surface area contributed by atoms with Crippen LogP contribution in [0.2, 0.25) is 0 Å². The van der Waals surface area contributed by atoms with Gasteiger partial charge in [0.1, 0.15) is 11.5 Å². The number of ketones is 1. The van der Waals surface area contributed by atoms with Gasteiger partial charge in [0.2, 0.25) is 0 Å². The number of amides is 1. The van der Waals surface area contributed by atoms with Crippen molar-refractivity contribution < 1.29 is 19.4 Å². The number of nitrogens with zero attached hydrogens (tertiary/aromatic N) is 1. The average molecular weight is 442 g/mol. The Morgan fingerprint density at radius 1 is 0.909 bits per heavy atom. The summed E-state index contributed by atoms with van der Waals surface area (Å²) >= 11 is 0. The van der Waals surface area contributed by atoms with Crippen LogP contribution in [0.5, 0.6) is 5.75 Å². The molecule has 1 N–H and O–H groups in total. The molecule has 3 aromatic rings. The second-order valence-electron chi connectivity index (χ2n) is 9.08. The summed E-state index contributed by atoms with van der Waals surface area (Å²) in [5, 5.41) is 11.4. The van der Waals surface area contributed by atoms with Gasteiger partial charge in [0, 0.05) is 16.8 Å². The minimum Gasteiger partial charge on any atom is -0.507 e. The number of aliphatic hydroxyl groups excluding tert-OH is 1. The van der Waals surface area contributed by atoms with Gasteiger partial charge in [-0.3, -0.25) is 14.5 Å². The molecule has 0 radical (unpaired) electrons. The Morgan fingerprint density at radius 3 is 2.09 bits per heavy atom. The van der Waals surface area contributed by atoms with Crippen molar-refractivity contribution in [2.45, 2.75) is 32.2 Å². The van der Waals surface area contributed by atoms with Crippen LogP contribution < -0.4 is 9.64 Å². The molecule has 1 heterocycles. The van der Waals surface area contributed by atoms with Crippen molar-refractivity contribution in [3.8, 4) is 5.75 Å². The van der Waals surface area contributed by atoms with Crippen LogP contribution in [0, 0.1) is 0 Å². The SMILES string of the molecule is COc1ccc(/C(O)=C2/C(=O)C(=O)N(c3ccccc3)C2c2ccccc2)cc1C(C)(C)C. The van der Waals surface area contributed by atoms with Gasteiger partial charge in [-0.2, -0.15) is 0 Å². The van der Waals surface area contributed by atoms with E-state index in [0.717, 1.165) is 11.1 Å². The molecule has 5 heteroatoms. The molecule has 5 nitrogen and oxygen atoms in total. The van der Waals surface area contributed by atoms with Crippen molar-refractivity contribution in [3.63, 3.8) is 0 Å². The molecule has 4 rings (SSSR count). The Labute approximate surface area is 193 Å². The Bertz CT molecular complexity index is 1220. The summed E-state index contributed by atoms with van der Waals surface area (Å²) in [7, 11) is 1.60. The fourth-order valence-corrected chi connectivity index (χ4v) is 4.24. The van der Waals surface area contributed by atoms with E-state index in [2.05, 4.69) is 0 Å². The van der Waals surface area contributed by atoms with E-state index in [0.29, 0.717) is 17.0 Å². The zero-order valence-corrected chi connectivity index (χ0v) is 19.2. The molecule has 0 aliphatic carbocycles. The van der Waals surface area contributed by atoms with Gasteiger partial charge >= 0.3 is 0 Å². The summed E-state index contributed by atoms with van der Waals surface area (Å²) in [5.74, 6) is -0.878. The third-order valence-corrected chi connectivity index (χ3v) is 5.88. The number of Topliss-reactive ketones (excluding diaryl/α,β-unsaturated/α-hetero) is 1. The van der Waals surface area contributed by atoms with Crippen LogP contribution in [-0.2, 0) is 15.0 Å². The maximum atomic E-state index is 13.3. The van der Waals surface area contributed by atoms with E-state index in [-0.39, 0.29) is 16.7 Å². The van der Waals surface area contributed by atoms with Crippen molar-refractivity contribution >= 4 is 23.1 Å². The highest BCUT2D eigenvalue weighted by Crippen LogP contribution is 2.43. The van der Waals surface area contributed by atoms with Crippen molar-refractivity contribution in [3.05, 3.63) is 101 Å². The lowest BCUT2D eigenvalue weighted by Gasteiger charge is -2.26. The average Bonchev–Trinajstić information content (AvgIpc) is 3.09. The van der Waals surface area contributed by atoms with Gasteiger partial charge in [-0.05, 0) is 41.3 Å². The molecule has 1 atom stereocenters. The van der Waals surface area contributed by atoms with Crippen LogP contribution in [0.4, 0.5) is 5.69 Å². The van der Waals surface area contributed by atoms with Crippen molar-refractivity contribution in [1.82, 2.24) is 0 Å². The van der Waals surface area contributed by atoms with Crippen LogP contribution in [0.15, 0.2) is 84.4 Å². The maximum absolute atomic E-state index is 13.3. The van der Waals surface area contributed by atoms with Gasteiger partial charge in [0.05, 0.1) is 18.7 Å². The van der Waals surface area contributed by atoms with E-state index in [1.54, 1.807) is 31.4 Å². The Morgan fingerprint density at radius 2 is 1.52 bits per heavy atom. The molecule has 0 saturated carbocycles. The minimum atomic E-state index is -0.742. The van der Waals surface area contributed by atoms with Crippen LogP contribution >= 0.6 is 0 Å². The van der Waals surface area contributed by atoms with Crippen LogP contribution in [-0.4, -0.2) is 23.9 Å². The Kier molecular flexibility index (Phi) is 5.81. The predicted molar refractivity (Wildman–Crippen MR) is 129 cm³/mol. The lowest BCUT2D eigenvalue weighted by Crippen LogP contribution is -2.29. The summed E-state index contributed by atoms with van der Waals surface area (Å²) in [5.41, 5.74) is 2.51. The van der Waals surface area contributed by atoms with Crippen LogP contribution in [0.25, 0.3) is 5.76 Å². The summed E-state index contributed by atoms with van der Waals surface area (Å²) in [6.07, 6.45) is 0. The van der Waals surface area contributed by atoms with E-state index < -0.39 is 17.7 Å². The lowest BCUT2D eigenvalue weighted by atomic mass is 9.84. The molecular formula is C28H27NO4. The first-order valence-corrected chi connectivity index (χ1v) is 10.8. The third kappa shape index (κ3) is 4.02. The number of rotatable bonds is 4. The normalized spacial score (nSPS) is 17.9. The topological polar surface area (TPSA) is 66.8 Å². The molecule has 1 unspecified atom stereocenters. The van der Waals surface area contributed by atoms with Gasteiger partial charge < -0.3 is 9.84 Å². The summed E-state index contributed by atoms with van der Waals surface area (Å²) in [6, 6.07) is 22.9. The van der Waals surface area contributed by atoms with Crippen molar-refractivity contribution in [1.29, 1.82) is 0 Å². The molecule has 1 aliphatic rings. The Hall–Kier alpha value is -3.86. The van der Waals surface area contributed by atoms with E-state index in [4.69, 9.17) is 4.74 Å². The number of methoxy groups -OCH3 is 1. The zero-order chi connectivity index (χ0) is 23.8. The lowest BCUT2D eigenvalue weighted by molar-refractivity contribution is -0.132. The van der Waals surface area contributed by atoms with E-state index in [1.165, 1.54) is 4.90 Å². The van der Waals surface area contributed by atoms with Crippen molar-refractivity contribution in [2.75, 3.05) is 12.0 Å². The van der Waals surface area contributed by atoms with E-state index >= 15 is 0 Å². The predicted octanol–water partition coefficient (Wildman–Crippen LogP) is 5.62. The molecule has 0 spiro atoms. The molecule has 168 valence electrons. The molecular weight excluding hydrogens is 414 g/mol. The zero-order valence-electron chi connectivity index (χ0n) is 19.2. The maximum Gasteiger partial charge on any atom is 0.300 e. The van der Waals surface area contributed by atoms with Gasteiger partial charge in [-0.15, -0.1) is 0 Å². The van der Waals surface area contributed by atoms with Crippen LogP contribution in [0.3, 0.4) is 0 Å². The first-order chi connectivity index (χ1) is 15.7. The van der Waals surface area contributed by atoms with Crippen LogP contribution in [0.1, 0.15) is 43.5 Å². The number of aliphatic hydroxyl groups is 1. The largest absolute Gasteiger partial charge is 0.507 e. The number of hydrogen-bond acceptors (Lipinski definition) is 4. The summed E-state index contributed by atoms with van der Waals surface area (Å²) < 4.78 is 5.51. The summed E-state index contributed by atoms with van der Waals surface area (Å²) in [4.78, 5) is 27.9. The Balaban J connectivity index is 1.94. The number of anilines is 1. The number of carbonyl (C=O) groups excluding carboxylic acids is 2. The molecule has 0 bridgehead atoms. The molecule has 3 aromatic carbocycles. The summed E-state index contributed by atoms with van der Waals surface area (Å²) in [6.45, 7) is 6.15. The number of carbonyl (C=O) groups is 2. The smallest absolute Gasteiger partial charge is 0.300 e. The van der Waals surface area contributed by atoms with Gasteiger partial charge in [-0.25, -0.2) is 0 Å². The number of para-hydroxylation sites is 1. The highest BCUT2D eigenvalue weighted by Gasteiger charge is 2.46. The van der Waals surface area contributed by atoms with Gasteiger partial charge in [0.15, 0.2) is 0 Å². The standard InChI is InChI=1S/C28H27NO4/c1-28(2,3)21-17-19(15-16-22(21)33-4)25(30)23-24(18-11-7-5-8-12-18)29(27(32)26(23)31)20-13-9-6-10-14-20/h5-17,24,30H,1-4H3/b25-23-. The number of benzene rings is 3. The molecule has 33 heavy (non-hydrogen) atoms. The van der Waals surface area contributed by atoms with Gasteiger partial charge in [0.25, 0.3) is 11.7 Å². The molecule has 1 amide bonds. The van der Waals surface area contributed by atoms with E-state index in [9.17, 15) is 14.7 Å². The second-order valence-corrected chi connectivity index (χ2v) is 9.08. The molecule has 1 aliphatic heterocycles. The monoisotopic (exact) mass is 441 g/mol. The van der Waals surface area contributed by atoms with Gasteiger partial charge in [-0.1, -0.05) is 69.3 Å². The fourth-order valence-electron chi connectivity index (χ4n) is 4.24. The second kappa shape index (κ2) is 8.58. The molecule has 1 saturated heterocycles. The first-order valence-electron chi connectivity index (χ1n) is 10.8. The molecule has 0 aromatic heterocycles. The highest BCUT2D eigenvalue weighted by molar-refractivity contribution is 6.51. The first kappa shape index (κ1) is 22.3. The third-order valence-electron chi connectivity index (χ3n) is 5.88. The quantitative estimate of drug-likeness (QED) is 0.324. The molecule has 1 fully saturated rings. The minimum absolute atomic E-state index is 0.0695. The number of hydrogen-bond donors (Lipinski definition) is 1. The van der Waals surface area contributed by atoms with Crippen molar-refractivity contribution in [2.24, 2.45) is 0 Å². The number of ether oxygens (including phenoxy) is 1. The fraction of sp³-hybridized carbons (Fsp3) is 0.214. The van der Waals surface area contributed by atoms with E-state index in [1.807, 2.05) is 75.4 Å².